The number of likely N-dealkylation sites (N-methyl/N-ethyl adjacent to an activating group) is 1. The van der Waals surface area contributed by atoms with E-state index in [2.05, 4.69) is 21.8 Å². The summed E-state index contributed by atoms with van der Waals surface area (Å²) in [5, 5.41) is 14.2. The summed E-state index contributed by atoms with van der Waals surface area (Å²) in [4.78, 5) is 27.4. The zero-order valence-electron chi connectivity index (χ0n) is 19.6. The van der Waals surface area contributed by atoms with Crippen LogP contribution in [-0.4, -0.2) is 94.2 Å². The second-order valence-electron chi connectivity index (χ2n) is 9.08. The van der Waals surface area contributed by atoms with Crippen molar-refractivity contribution in [2.75, 3.05) is 33.3 Å². The van der Waals surface area contributed by atoms with E-state index in [1.54, 1.807) is 6.20 Å². The number of carboxylic acids is 2. The molecule has 3 aliphatic rings. The topological polar surface area (TPSA) is 103 Å². The SMILES string of the molecule is CN1CCC(COc2ccccn2)CC12CN(C1CCC1)C2.O=C(O)C(F)(F)F.O=C(O)C(F)(F)F. The van der Waals surface area contributed by atoms with E-state index < -0.39 is 24.3 Å². The second-order valence-corrected chi connectivity index (χ2v) is 9.08. The first-order chi connectivity index (χ1) is 16.6. The van der Waals surface area contributed by atoms with E-state index in [1.807, 2.05) is 18.2 Å². The van der Waals surface area contributed by atoms with Gasteiger partial charge in [0.15, 0.2) is 0 Å². The lowest BCUT2D eigenvalue weighted by Crippen LogP contribution is -2.73. The van der Waals surface area contributed by atoms with Gasteiger partial charge in [0.1, 0.15) is 0 Å². The Morgan fingerprint density at radius 2 is 1.61 bits per heavy atom. The zero-order valence-corrected chi connectivity index (χ0v) is 19.6. The average molecular weight is 529 g/mol. The molecule has 36 heavy (non-hydrogen) atoms. The van der Waals surface area contributed by atoms with Crippen LogP contribution in [0.15, 0.2) is 24.4 Å². The number of piperidine rings is 1. The summed E-state index contributed by atoms with van der Waals surface area (Å²) in [5.41, 5.74) is 0.423. The molecule has 1 saturated carbocycles. The first kappa shape index (κ1) is 29.6. The minimum Gasteiger partial charge on any atom is -0.477 e. The number of carboxylic acid groups (broad SMARTS) is 2. The highest BCUT2D eigenvalue weighted by atomic mass is 19.4. The lowest BCUT2D eigenvalue weighted by Gasteiger charge is -2.61. The maximum atomic E-state index is 10.6. The van der Waals surface area contributed by atoms with Crippen molar-refractivity contribution < 1.29 is 50.9 Å². The highest BCUT2D eigenvalue weighted by Gasteiger charge is 2.51. The van der Waals surface area contributed by atoms with Crippen molar-refractivity contribution in [2.24, 2.45) is 5.92 Å². The van der Waals surface area contributed by atoms with Gasteiger partial charge in [-0.3, -0.25) is 9.80 Å². The Morgan fingerprint density at radius 1 is 1.06 bits per heavy atom. The number of alkyl halides is 6. The van der Waals surface area contributed by atoms with Crippen molar-refractivity contribution in [3.63, 3.8) is 0 Å². The van der Waals surface area contributed by atoms with E-state index in [9.17, 15) is 26.3 Å². The van der Waals surface area contributed by atoms with Crippen LogP contribution in [0, 0.1) is 5.92 Å². The molecule has 204 valence electrons. The molecule has 1 aliphatic carbocycles. The molecule has 3 heterocycles. The first-order valence-electron chi connectivity index (χ1n) is 11.2. The number of hydrogen-bond acceptors (Lipinski definition) is 6. The van der Waals surface area contributed by atoms with E-state index in [1.165, 1.54) is 51.7 Å². The predicted octanol–water partition coefficient (Wildman–Crippen LogP) is 3.68. The maximum absolute atomic E-state index is 10.6. The van der Waals surface area contributed by atoms with Crippen molar-refractivity contribution in [3.05, 3.63) is 24.4 Å². The van der Waals surface area contributed by atoms with Gasteiger partial charge in [-0.15, -0.1) is 0 Å². The van der Waals surface area contributed by atoms with Gasteiger partial charge in [0.25, 0.3) is 0 Å². The van der Waals surface area contributed by atoms with E-state index in [0.29, 0.717) is 11.5 Å². The van der Waals surface area contributed by atoms with Gasteiger partial charge in [-0.25, -0.2) is 14.6 Å². The summed E-state index contributed by atoms with van der Waals surface area (Å²) < 4.78 is 69.4. The van der Waals surface area contributed by atoms with Crippen LogP contribution in [0.25, 0.3) is 0 Å². The van der Waals surface area contributed by atoms with Crippen molar-refractivity contribution in [2.45, 2.75) is 56.0 Å². The average Bonchev–Trinajstić information content (AvgIpc) is 2.72. The fraction of sp³-hybridized carbons (Fsp3) is 0.682. The number of hydrogen-bond donors (Lipinski definition) is 2. The third-order valence-electron chi connectivity index (χ3n) is 6.53. The van der Waals surface area contributed by atoms with Crippen LogP contribution in [0.5, 0.6) is 5.88 Å². The number of nitrogens with zero attached hydrogens (tertiary/aromatic N) is 3. The molecule has 2 N–H and O–H groups in total. The molecule has 0 radical (unpaired) electrons. The van der Waals surface area contributed by atoms with Gasteiger partial charge in [0, 0.05) is 36.9 Å². The smallest absolute Gasteiger partial charge is 0.477 e. The molecule has 0 amide bonds. The molecule has 1 unspecified atom stereocenters. The van der Waals surface area contributed by atoms with E-state index in [0.717, 1.165) is 18.5 Å². The third kappa shape index (κ3) is 8.50. The Morgan fingerprint density at radius 3 is 2.03 bits per heavy atom. The lowest BCUT2D eigenvalue weighted by atomic mass is 9.73. The summed E-state index contributed by atoms with van der Waals surface area (Å²) in [6, 6.07) is 6.76. The molecule has 4 rings (SSSR count). The van der Waals surface area contributed by atoms with Crippen LogP contribution in [-0.2, 0) is 9.59 Å². The summed E-state index contributed by atoms with van der Waals surface area (Å²) in [7, 11) is 2.31. The molecule has 2 saturated heterocycles. The maximum Gasteiger partial charge on any atom is 0.490 e. The number of halogens is 6. The number of rotatable bonds is 4. The number of aromatic nitrogens is 1. The number of carbonyl (C=O) groups is 2. The van der Waals surface area contributed by atoms with Gasteiger partial charge >= 0.3 is 24.3 Å². The van der Waals surface area contributed by atoms with Crippen LogP contribution in [0.2, 0.25) is 0 Å². The van der Waals surface area contributed by atoms with Crippen LogP contribution in [0.1, 0.15) is 32.1 Å². The number of aliphatic carboxylic acids is 2. The standard InChI is InChI=1S/C18H27N3O.2C2HF3O2/c1-20-10-8-15(12-22-17-7-2-3-9-19-17)11-18(20)13-21(14-18)16-5-4-6-16;2*3-2(4,5)1(6)7/h2-3,7,9,15-16H,4-6,8,10-14H2,1H3;2*(H,6,7). The second kappa shape index (κ2) is 12.1. The molecular weight excluding hydrogens is 500 g/mol. The molecule has 1 aromatic heterocycles. The zero-order chi connectivity index (χ0) is 27.1. The molecule has 14 heteroatoms. The Balaban J connectivity index is 0.000000271. The molecule has 1 atom stereocenters. The lowest BCUT2D eigenvalue weighted by molar-refractivity contribution is -0.193. The predicted molar refractivity (Wildman–Crippen MR) is 114 cm³/mol. The Bertz CT molecular complexity index is 834. The van der Waals surface area contributed by atoms with Crippen LogP contribution in [0.4, 0.5) is 26.3 Å². The van der Waals surface area contributed by atoms with E-state index in [4.69, 9.17) is 24.5 Å². The van der Waals surface area contributed by atoms with Crippen molar-refractivity contribution in [1.29, 1.82) is 0 Å². The van der Waals surface area contributed by atoms with Gasteiger partial charge < -0.3 is 14.9 Å². The molecule has 1 aromatic rings. The molecule has 0 bridgehead atoms. The van der Waals surface area contributed by atoms with Gasteiger partial charge in [-0.05, 0) is 51.3 Å². The van der Waals surface area contributed by atoms with Crippen LogP contribution < -0.4 is 4.74 Å². The van der Waals surface area contributed by atoms with Gasteiger partial charge in [-0.1, -0.05) is 12.5 Å². The monoisotopic (exact) mass is 529 g/mol. The summed E-state index contributed by atoms with van der Waals surface area (Å²) >= 11 is 0. The number of pyridine rings is 1. The largest absolute Gasteiger partial charge is 0.490 e. The highest BCUT2D eigenvalue weighted by molar-refractivity contribution is 5.73. The fourth-order valence-electron chi connectivity index (χ4n) is 4.28. The van der Waals surface area contributed by atoms with Crippen LogP contribution >= 0.6 is 0 Å². The fourth-order valence-corrected chi connectivity index (χ4v) is 4.28. The third-order valence-corrected chi connectivity index (χ3v) is 6.53. The first-order valence-corrected chi connectivity index (χ1v) is 11.2. The normalized spacial score (nSPS) is 22.1. The Kier molecular flexibility index (Phi) is 9.94. The summed E-state index contributed by atoms with van der Waals surface area (Å²) in [6.45, 7) is 4.56. The summed E-state index contributed by atoms with van der Waals surface area (Å²) in [6.07, 6.45) is -1.56. The van der Waals surface area contributed by atoms with E-state index in [-0.39, 0.29) is 0 Å². The molecular formula is C22H29F6N3O5. The molecule has 3 fully saturated rings. The van der Waals surface area contributed by atoms with Gasteiger partial charge in [0.2, 0.25) is 5.88 Å². The highest BCUT2D eigenvalue weighted by Crippen LogP contribution is 2.42. The van der Waals surface area contributed by atoms with Gasteiger partial charge in [-0.2, -0.15) is 26.3 Å². The molecule has 2 aliphatic heterocycles. The molecule has 0 aromatic carbocycles. The van der Waals surface area contributed by atoms with E-state index >= 15 is 0 Å². The van der Waals surface area contributed by atoms with Crippen molar-refractivity contribution >= 4 is 11.9 Å². The molecule has 1 spiro atoms. The van der Waals surface area contributed by atoms with Crippen LogP contribution in [0.3, 0.4) is 0 Å². The Labute approximate surface area is 203 Å². The van der Waals surface area contributed by atoms with Crippen molar-refractivity contribution in [1.82, 2.24) is 14.8 Å². The minimum atomic E-state index is -5.08. The minimum absolute atomic E-state index is 0.423. The number of ether oxygens (including phenoxy) is 1. The molecule has 8 nitrogen and oxygen atoms in total. The quantitative estimate of drug-likeness (QED) is 0.570. The summed E-state index contributed by atoms with van der Waals surface area (Å²) in [5.74, 6) is -4.08. The van der Waals surface area contributed by atoms with Gasteiger partial charge in [0.05, 0.1) is 6.61 Å². The number of likely N-dealkylation sites (tertiary alicyclic amines) is 2. The Hall–Kier alpha value is -2.61. The van der Waals surface area contributed by atoms with Crippen molar-refractivity contribution in [3.8, 4) is 5.88 Å².